The van der Waals surface area contributed by atoms with Gasteiger partial charge in [-0.3, -0.25) is 0 Å². The van der Waals surface area contributed by atoms with Crippen LogP contribution in [0.5, 0.6) is 0 Å². The Hall–Kier alpha value is -1.75. The maximum Gasteiger partial charge on any atom is 0.337 e. The van der Waals surface area contributed by atoms with Crippen LogP contribution in [0.4, 0.5) is 10.5 Å². The number of amides is 2. The first-order valence-corrected chi connectivity index (χ1v) is 7.43. The Morgan fingerprint density at radius 1 is 1.38 bits per heavy atom. The average molecular weight is 311 g/mol. The summed E-state index contributed by atoms with van der Waals surface area (Å²) < 4.78 is 0. The highest BCUT2D eigenvalue weighted by Gasteiger charge is 2.23. The van der Waals surface area contributed by atoms with Gasteiger partial charge in [-0.25, -0.2) is 9.59 Å². The molecule has 0 spiro atoms. The minimum atomic E-state index is -1.12. The van der Waals surface area contributed by atoms with Gasteiger partial charge in [0.05, 0.1) is 10.6 Å². The SMILES string of the molecule is CC1CCCC1CNC(=O)Nc1ccc(Cl)c(C(=O)O)c1. The first-order chi connectivity index (χ1) is 9.97. The maximum absolute atomic E-state index is 11.8. The van der Waals surface area contributed by atoms with Gasteiger partial charge in [-0.05, 0) is 36.5 Å². The van der Waals surface area contributed by atoms with Crippen molar-refractivity contribution in [3.05, 3.63) is 28.8 Å². The van der Waals surface area contributed by atoms with Crippen molar-refractivity contribution in [1.82, 2.24) is 5.32 Å². The number of rotatable bonds is 4. The molecule has 0 aromatic heterocycles. The van der Waals surface area contributed by atoms with Gasteiger partial charge in [0, 0.05) is 12.2 Å². The van der Waals surface area contributed by atoms with E-state index >= 15 is 0 Å². The summed E-state index contributed by atoms with van der Waals surface area (Å²) in [6.07, 6.45) is 3.58. The molecular formula is C15H19ClN2O3. The van der Waals surface area contributed by atoms with E-state index in [1.807, 2.05) is 0 Å². The zero-order chi connectivity index (χ0) is 15.4. The van der Waals surface area contributed by atoms with Gasteiger partial charge in [-0.2, -0.15) is 0 Å². The van der Waals surface area contributed by atoms with Crippen LogP contribution in [0.1, 0.15) is 36.5 Å². The molecule has 6 heteroatoms. The van der Waals surface area contributed by atoms with Crippen LogP contribution >= 0.6 is 11.6 Å². The standard InChI is InChI=1S/C15H19ClN2O3/c1-9-3-2-4-10(9)8-17-15(21)18-11-5-6-13(16)12(7-11)14(19)20/h5-7,9-10H,2-4,8H2,1H3,(H,19,20)(H2,17,18,21). The lowest BCUT2D eigenvalue weighted by atomic mass is 9.98. The van der Waals surface area contributed by atoms with Crippen LogP contribution in [0.25, 0.3) is 0 Å². The van der Waals surface area contributed by atoms with Crippen LogP contribution in [-0.4, -0.2) is 23.7 Å². The number of carboxylic acids is 1. The summed E-state index contributed by atoms with van der Waals surface area (Å²) in [5.74, 6) is 0.0406. The van der Waals surface area contributed by atoms with Crippen molar-refractivity contribution >= 4 is 29.3 Å². The number of carbonyl (C=O) groups excluding carboxylic acids is 1. The van der Waals surface area contributed by atoms with Gasteiger partial charge in [0.25, 0.3) is 0 Å². The Balaban J connectivity index is 1.90. The van der Waals surface area contributed by atoms with Crippen molar-refractivity contribution in [3.63, 3.8) is 0 Å². The third kappa shape index (κ3) is 4.11. The van der Waals surface area contributed by atoms with E-state index in [1.165, 1.54) is 25.0 Å². The number of aromatic carboxylic acids is 1. The highest BCUT2D eigenvalue weighted by atomic mass is 35.5. The second-order valence-corrected chi connectivity index (χ2v) is 5.91. The molecule has 0 aliphatic heterocycles. The lowest BCUT2D eigenvalue weighted by Crippen LogP contribution is -2.33. The second kappa shape index (κ2) is 6.80. The van der Waals surface area contributed by atoms with Gasteiger partial charge < -0.3 is 15.7 Å². The van der Waals surface area contributed by atoms with E-state index in [4.69, 9.17) is 16.7 Å². The Morgan fingerprint density at radius 2 is 2.14 bits per heavy atom. The summed E-state index contributed by atoms with van der Waals surface area (Å²) in [6.45, 7) is 2.85. The van der Waals surface area contributed by atoms with Crippen molar-refractivity contribution in [2.45, 2.75) is 26.2 Å². The zero-order valence-electron chi connectivity index (χ0n) is 11.9. The molecule has 1 aliphatic rings. The molecule has 2 atom stereocenters. The molecule has 2 unspecified atom stereocenters. The highest BCUT2D eigenvalue weighted by Crippen LogP contribution is 2.30. The van der Waals surface area contributed by atoms with E-state index in [9.17, 15) is 9.59 Å². The molecule has 5 nitrogen and oxygen atoms in total. The minimum absolute atomic E-state index is 0.0288. The average Bonchev–Trinajstić information content (AvgIpc) is 2.84. The number of urea groups is 1. The first-order valence-electron chi connectivity index (χ1n) is 7.05. The van der Waals surface area contributed by atoms with E-state index in [-0.39, 0.29) is 16.6 Å². The van der Waals surface area contributed by atoms with Gasteiger partial charge in [0.1, 0.15) is 0 Å². The molecule has 1 fully saturated rings. The number of carbonyl (C=O) groups is 2. The van der Waals surface area contributed by atoms with Crippen LogP contribution < -0.4 is 10.6 Å². The molecule has 1 aromatic rings. The number of halogens is 1. The monoisotopic (exact) mass is 310 g/mol. The van der Waals surface area contributed by atoms with Crippen molar-refractivity contribution in [3.8, 4) is 0 Å². The smallest absolute Gasteiger partial charge is 0.337 e. The van der Waals surface area contributed by atoms with Crippen LogP contribution in [0, 0.1) is 11.8 Å². The van der Waals surface area contributed by atoms with Crippen LogP contribution in [0.15, 0.2) is 18.2 Å². The normalized spacial score (nSPS) is 21.0. The summed E-state index contributed by atoms with van der Waals surface area (Å²) in [5, 5.41) is 14.6. The summed E-state index contributed by atoms with van der Waals surface area (Å²) in [7, 11) is 0. The van der Waals surface area contributed by atoms with Crippen molar-refractivity contribution in [2.75, 3.05) is 11.9 Å². The lowest BCUT2D eigenvalue weighted by Gasteiger charge is -2.16. The zero-order valence-corrected chi connectivity index (χ0v) is 12.6. The van der Waals surface area contributed by atoms with E-state index < -0.39 is 5.97 Å². The molecule has 1 saturated carbocycles. The molecule has 0 radical (unpaired) electrons. The molecule has 2 amide bonds. The summed E-state index contributed by atoms with van der Waals surface area (Å²) >= 11 is 5.78. The van der Waals surface area contributed by atoms with Crippen LogP contribution in [-0.2, 0) is 0 Å². The topological polar surface area (TPSA) is 78.4 Å². The number of carboxylic acid groups (broad SMARTS) is 1. The van der Waals surface area contributed by atoms with Gasteiger partial charge in [0.15, 0.2) is 0 Å². The Bertz CT molecular complexity index is 548. The van der Waals surface area contributed by atoms with Gasteiger partial charge >= 0.3 is 12.0 Å². The summed E-state index contributed by atoms with van der Waals surface area (Å²) in [4.78, 5) is 22.8. The molecule has 0 saturated heterocycles. The molecule has 0 heterocycles. The predicted molar refractivity (Wildman–Crippen MR) is 81.9 cm³/mol. The Labute approximate surface area is 128 Å². The molecule has 21 heavy (non-hydrogen) atoms. The number of anilines is 1. The first kappa shape index (κ1) is 15.6. The summed E-state index contributed by atoms with van der Waals surface area (Å²) in [6, 6.07) is 4.06. The minimum Gasteiger partial charge on any atom is -0.478 e. The molecule has 3 N–H and O–H groups in total. The molecule has 0 bridgehead atoms. The third-order valence-electron chi connectivity index (χ3n) is 4.02. The third-order valence-corrected chi connectivity index (χ3v) is 4.35. The molecule has 1 aromatic carbocycles. The summed E-state index contributed by atoms with van der Waals surface area (Å²) in [5.41, 5.74) is 0.382. The van der Waals surface area contributed by atoms with Gasteiger partial charge in [0.2, 0.25) is 0 Å². The number of nitrogens with one attached hydrogen (secondary N) is 2. The lowest BCUT2D eigenvalue weighted by molar-refractivity contribution is 0.0697. The number of hydrogen-bond donors (Lipinski definition) is 3. The largest absolute Gasteiger partial charge is 0.478 e. The van der Waals surface area contributed by atoms with Crippen molar-refractivity contribution in [1.29, 1.82) is 0 Å². The maximum atomic E-state index is 11.8. The highest BCUT2D eigenvalue weighted by molar-refractivity contribution is 6.33. The molecule has 2 rings (SSSR count). The Kier molecular flexibility index (Phi) is 5.07. The van der Waals surface area contributed by atoms with E-state index in [0.717, 1.165) is 6.42 Å². The van der Waals surface area contributed by atoms with Crippen LogP contribution in [0.2, 0.25) is 5.02 Å². The van der Waals surface area contributed by atoms with Gasteiger partial charge in [-0.15, -0.1) is 0 Å². The van der Waals surface area contributed by atoms with E-state index in [0.29, 0.717) is 24.1 Å². The fraction of sp³-hybridized carbons (Fsp3) is 0.467. The van der Waals surface area contributed by atoms with E-state index in [1.54, 1.807) is 6.07 Å². The fourth-order valence-electron chi connectivity index (χ4n) is 2.69. The molecule has 1 aliphatic carbocycles. The molecular weight excluding hydrogens is 292 g/mol. The quantitative estimate of drug-likeness (QED) is 0.795. The fourth-order valence-corrected chi connectivity index (χ4v) is 2.89. The van der Waals surface area contributed by atoms with E-state index in [2.05, 4.69) is 17.6 Å². The Morgan fingerprint density at radius 3 is 2.76 bits per heavy atom. The molecule has 114 valence electrons. The van der Waals surface area contributed by atoms with Crippen molar-refractivity contribution < 1.29 is 14.7 Å². The second-order valence-electron chi connectivity index (χ2n) is 5.50. The van der Waals surface area contributed by atoms with Crippen LogP contribution in [0.3, 0.4) is 0 Å². The number of hydrogen-bond acceptors (Lipinski definition) is 2. The number of benzene rings is 1. The van der Waals surface area contributed by atoms with Gasteiger partial charge in [-0.1, -0.05) is 31.4 Å². The predicted octanol–water partition coefficient (Wildman–Crippen LogP) is 3.60. The van der Waals surface area contributed by atoms with Crippen molar-refractivity contribution in [2.24, 2.45) is 11.8 Å².